The molecule has 25 heavy (non-hydrogen) atoms. The summed E-state index contributed by atoms with van der Waals surface area (Å²) >= 11 is 0. The molecule has 2 aliphatic heterocycles. The summed E-state index contributed by atoms with van der Waals surface area (Å²) in [6, 6.07) is 18.6. The monoisotopic (exact) mass is 359 g/mol. The molecule has 1 saturated heterocycles. The normalized spacial score (nSPS) is 18.2. The van der Waals surface area contributed by atoms with E-state index in [1.54, 1.807) is 0 Å². The van der Waals surface area contributed by atoms with Crippen molar-refractivity contribution in [2.45, 2.75) is 31.3 Å². The number of para-hydroxylation sites is 2. The third-order valence-corrected chi connectivity index (χ3v) is 5.21. The van der Waals surface area contributed by atoms with E-state index in [2.05, 4.69) is 29.2 Å². The van der Waals surface area contributed by atoms with Gasteiger partial charge in [0.1, 0.15) is 17.1 Å². The van der Waals surface area contributed by atoms with Crippen molar-refractivity contribution >= 4 is 12.4 Å². The largest absolute Gasteiger partial charge is 0.494 e. The number of piperidine rings is 1. The van der Waals surface area contributed by atoms with Crippen LogP contribution in [0.5, 0.6) is 11.5 Å². The molecule has 0 amide bonds. The Balaban J connectivity index is 0.00000182. The molecule has 0 aliphatic carbocycles. The third kappa shape index (κ3) is 4.28. The van der Waals surface area contributed by atoms with Crippen molar-refractivity contribution in [1.29, 1.82) is 0 Å². The van der Waals surface area contributed by atoms with E-state index in [-0.39, 0.29) is 18.0 Å². The molecular formula is C21H26ClNO2. The van der Waals surface area contributed by atoms with Gasteiger partial charge < -0.3 is 14.4 Å². The van der Waals surface area contributed by atoms with Gasteiger partial charge >= 0.3 is 0 Å². The van der Waals surface area contributed by atoms with Crippen LogP contribution < -0.4 is 9.47 Å². The molecule has 0 aromatic heterocycles. The van der Waals surface area contributed by atoms with E-state index in [1.807, 2.05) is 30.3 Å². The second-order valence-electron chi connectivity index (χ2n) is 6.93. The molecular weight excluding hydrogens is 334 g/mol. The van der Waals surface area contributed by atoms with E-state index in [1.165, 1.54) is 5.56 Å². The van der Waals surface area contributed by atoms with Crippen LogP contribution in [0.15, 0.2) is 54.6 Å². The molecule has 0 unspecified atom stereocenters. The van der Waals surface area contributed by atoms with Gasteiger partial charge in [0, 0.05) is 38.9 Å². The van der Waals surface area contributed by atoms with Crippen LogP contribution >= 0.6 is 12.4 Å². The van der Waals surface area contributed by atoms with E-state index in [4.69, 9.17) is 9.47 Å². The minimum Gasteiger partial charge on any atom is -0.494 e. The first-order chi connectivity index (χ1) is 11.8. The smallest absolute Gasteiger partial charge is 0.123 e. The number of hydrogen-bond acceptors (Lipinski definition) is 3. The van der Waals surface area contributed by atoms with Crippen molar-refractivity contribution in [1.82, 2.24) is 4.90 Å². The Hall–Kier alpha value is -1.71. The minimum absolute atomic E-state index is 0. The second-order valence-corrected chi connectivity index (χ2v) is 6.93. The maximum atomic E-state index is 6.32. The fourth-order valence-corrected chi connectivity index (χ4v) is 3.82. The lowest BCUT2D eigenvalue weighted by Crippen LogP contribution is -2.47. The highest BCUT2D eigenvalue weighted by Gasteiger charge is 2.41. The summed E-state index contributed by atoms with van der Waals surface area (Å²) in [6.07, 6.45) is 4.40. The molecule has 4 rings (SSSR count). The summed E-state index contributed by atoms with van der Waals surface area (Å²) in [5.41, 5.74) is 1.43. The molecule has 1 spiro atoms. The van der Waals surface area contributed by atoms with Crippen molar-refractivity contribution in [2.75, 3.05) is 26.2 Å². The minimum atomic E-state index is 0. The average molecular weight is 360 g/mol. The molecule has 4 heteroatoms. The van der Waals surface area contributed by atoms with Gasteiger partial charge in [-0.15, -0.1) is 12.4 Å². The Kier molecular flexibility index (Phi) is 5.87. The van der Waals surface area contributed by atoms with Crippen LogP contribution in [0.3, 0.4) is 0 Å². The van der Waals surface area contributed by atoms with Crippen LogP contribution in [0.2, 0.25) is 0 Å². The summed E-state index contributed by atoms with van der Waals surface area (Å²) in [4.78, 5) is 2.55. The highest BCUT2D eigenvalue weighted by Crippen LogP contribution is 2.40. The zero-order valence-electron chi connectivity index (χ0n) is 14.5. The fraction of sp³-hybridized carbons (Fsp3) is 0.429. The van der Waals surface area contributed by atoms with Gasteiger partial charge in [0.2, 0.25) is 0 Å². The van der Waals surface area contributed by atoms with E-state index in [0.717, 1.165) is 63.4 Å². The maximum Gasteiger partial charge on any atom is 0.123 e. The van der Waals surface area contributed by atoms with Gasteiger partial charge in [-0.3, -0.25) is 0 Å². The summed E-state index contributed by atoms with van der Waals surface area (Å²) in [5, 5.41) is 0. The summed E-state index contributed by atoms with van der Waals surface area (Å²) in [6.45, 7) is 4.14. The number of rotatable bonds is 5. The SMILES string of the molecule is Cl.c1ccc(OCCCN2CCC3(CC2)Cc2ccccc2O3)cc1. The quantitative estimate of drug-likeness (QED) is 0.741. The average Bonchev–Trinajstić information content (AvgIpc) is 2.99. The Morgan fingerprint density at radius 1 is 0.960 bits per heavy atom. The predicted octanol–water partition coefficient (Wildman–Crippen LogP) is 4.35. The Morgan fingerprint density at radius 3 is 2.44 bits per heavy atom. The fourth-order valence-electron chi connectivity index (χ4n) is 3.82. The molecule has 0 N–H and O–H groups in total. The first kappa shape index (κ1) is 18.1. The van der Waals surface area contributed by atoms with Gasteiger partial charge in [0.05, 0.1) is 6.61 Å². The highest BCUT2D eigenvalue weighted by molar-refractivity contribution is 5.85. The molecule has 0 radical (unpaired) electrons. The zero-order valence-corrected chi connectivity index (χ0v) is 15.3. The molecule has 2 aromatic carbocycles. The highest BCUT2D eigenvalue weighted by atomic mass is 35.5. The Morgan fingerprint density at radius 2 is 1.68 bits per heavy atom. The molecule has 2 aliphatic rings. The van der Waals surface area contributed by atoms with E-state index >= 15 is 0 Å². The van der Waals surface area contributed by atoms with Crippen LogP contribution in [-0.4, -0.2) is 36.7 Å². The van der Waals surface area contributed by atoms with Gasteiger partial charge in [-0.25, -0.2) is 0 Å². The number of hydrogen-bond donors (Lipinski definition) is 0. The van der Waals surface area contributed by atoms with E-state index in [0.29, 0.717) is 0 Å². The molecule has 2 aromatic rings. The van der Waals surface area contributed by atoms with Crippen molar-refractivity contribution in [2.24, 2.45) is 0 Å². The van der Waals surface area contributed by atoms with Crippen LogP contribution in [-0.2, 0) is 6.42 Å². The molecule has 0 saturated carbocycles. The molecule has 134 valence electrons. The number of benzene rings is 2. The first-order valence-electron chi connectivity index (χ1n) is 9.00. The van der Waals surface area contributed by atoms with Crippen molar-refractivity contribution < 1.29 is 9.47 Å². The first-order valence-corrected chi connectivity index (χ1v) is 9.00. The number of ether oxygens (including phenoxy) is 2. The number of halogens is 1. The number of nitrogens with zero attached hydrogens (tertiary/aromatic N) is 1. The van der Waals surface area contributed by atoms with Crippen LogP contribution in [0.1, 0.15) is 24.8 Å². The summed E-state index contributed by atoms with van der Waals surface area (Å²) in [5.74, 6) is 2.06. The Bertz CT molecular complexity index is 642. The van der Waals surface area contributed by atoms with Gasteiger partial charge in [-0.2, -0.15) is 0 Å². The lowest BCUT2D eigenvalue weighted by atomic mass is 9.87. The van der Waals surface area contributed by atoms with Gasteiger partial charge in [-0.1, -0.05) is 36.4 Å². The predicted molar refractivity (Wildman–Crippen MR) is 103 cm³/mol. The maximum absolute atomic E-state index is 6.32. The number of likely N-dealkylation sites (tertiary alicyclic amines) is 1. The molecule has 0 bridgehead atoms. The zero-order chi connectivity index (χ0) is 16.2. The Labute approximate surface area is 156 Å². The van der Waals surface area contributed by atoms with E-state index < -0.39 is 0 Å². The summed E-state index contributed by atoms with van der Waals surface area (Å²) in [7, 11) is 0. The number of fused-ring (bicyclic) bond motifs is 1. The molecule has 1 fully saturated rings. The van der Waals surface area contributed by atoms with Crippen LogP contribution in [0, 0.1) is 0 Å². The van der Waals surface area contributed by atoms with Crippen LogP contribution in [0.4, 0.5) is 0 Å². The van der Waals surface area contributed by atoms with Gasteiger partial charge in [-0.05, 0) is 30.2 Å². The lowest BCUT2D eigenvalue weighted by Gasteiger charge is -2.38. The van der Waals surface area contributed by atoms with Gasteiger partial charge in [0.25, 0.3) is 0 Å². The van der Waals surface area contributed by atoms with Crippen molar-refractivity contribution in [3.05, 3.63) is 60.2 Å². The van der Waals surface area contributed by atoms with Crippen molar-refractivity contribution in [3.63, 3.8) is 0 Å². The second kappa shape index (κ2) is 8.11. The van der Waals surface area contributed by atoms with Gasteiger partial charge in [0.15, 0.2) is 0 Å². The van der Waals surface area contributed by atoms with E-state index in [9.17, 15) is 0 Å². The summed E-state index contributed by atoms with van der Waals surface area (Å²) < 4.78 is 12.1. The molecule has 0 atom stereocenters. The lowest BCUT2D eigenvalue weighted by molar-refractivity contribution is 0.0183. The van der Waals surface area contributed by atoms with Crippen LogP contribution in [0.25, 0.3) is 0 Å². The van der Waals surface area contributed by atoms with Crippen molar-refractivity contribution in [3.8, 4) is 11.5 Å². The molecule has 3 nitrogen and oxygen atoms in total. The standard InChI is InChI=1S/C21H25NO2.ClH/c1-2-8-19(9-3-1)23-16-6-13-22-14-11-21(12-15-22)17-18-7-4-5-10-20(18)24-21;/h1-5,7-10H,6,11-17H2;1H. The topological polar surface area (TPSA) is 21.7 Å². The third-order valence-electron chi connectivity index (χ3n) is 5.21. The molecule has 2 heterocycles.